The van der Waals surface area contributed by atoms with Crippen molar-refractivity contribution in [2.24, 2.45) is 0 Å². The van der Waals surface area contributed by atoms with Crippen molar-refractivity contribution in [1.29, 1.82) is 0 Å². The fourth-order valence-electron chi connectivity index (χ4n) is 3.78. The smallest absolute Gasteiger partial charge is 0.327 e. The van der Waals surface area contributed by atoms with E-state index in [9.17, 15) is 34.4 Å². The lowest BCUT2D eigenvalue weighted by Gasteiger charge is -2.43. The number of hydrogen-bond donors (Lipinski definition) is 2. The number of β-lactam (4-membered cyclic amide) rings is 1. The predicted molar refractivity (Wildman–Crippen MR) is 106 cm³/mol. The summed E-state index contributed by atoms with van der Waals surface area (Å²) in [5.74, 6) is -2.97. The normalized spacial score (nSPS) is 23.9. The van der Waals surface area contributed by atoms with Crippen molar-refractivity contribution >= 4 is 41.1 Å². The SMILES string of the molecule is CC(=O)N(c1ccccc1CC(=O)NC1C(=O)N2[C@@H]1SC(C)(C)[C@@H]2C(=O)O)[N+](=O)[O-]. The van der Waals surface area contributed by atoms with Crippen LogP contribution < -0.4 is 10.3 Å². The number of aliphatic carboxylic acids is 1. The molecule has 0 aliphatic carbocycles. The standard InChI is InChI=1S/C18H20N4O7S/c1-9(23)21(22(28)29)11-7-5-4-6-10(11)8-12(24)19-13-15(25)20-14(17(26)27)18(2,3)30-16(13)20/h4-7,13-14,16H,8H2,1-3H3,(H,19,24)(H,26,27)/t13?,14-,16+/m0/s1. The number of anilines is 1. The van der Waals surface area contributed by atoms with E-state index in [1.165, 1.54) is 34.9 Å². The van der Waals surface area contributed by atoms with Gasteiger partial charge in [-0.1, -0.05) is 18.2 Å². The van der Waals surface area contributed by atoms with Gasteiger partial charge in [0.2, 0.25) is 11.8 Å². The summed E-state index contributed by atoms with van der Waals surface area (Å²) in [6, 6.07) is 4.06. The summed E-state index contributed by atoms with van der Waals surface area (Å²) < 4.78 is -0.716. The first-order valence-electron chi connectivity index (χ1n) is 9.00. The number of benzene rings is 1. The minimum atomic E-state index is -1.11. The molecule has 2 heterocycles. The molecule has 30 heavy (non-hydrogen) atoms. The topological polar surface area (TPSA) is 150 Å². The van der Waals surface area contributed by atoms with Crippen LogP contribution in [-0.2, 0) is 25.6 Å². The molecule has 2 saturated heterocycles. The number of carbonyl (C=O) groups excluding carboxylic acids is 3. The zero-order chi connectivity index (χ0) is 22.4. The van der Waals surface area contributed by atoms with Crippen LogP contribution >= 0.6 is 11.8 Å². The van der Waals surface area contributed by atoms with E-state index in [1.54, 1.807) is 19.9 Å². The molecule has 3 amide bonds. The van der Waals surface area contributed by atoms with E-state index in [4.69, 9.17) is 0 Å². The summed E-state index contributed by atoms with van der Waals surface area (Å²) in [6.07, 6.45) is -0.291. The number of nitro groups is 1. The van der Waals surface area contributed by atoms with E-state index in [-0.39, 0.29) is 17.7 Å². The molecule has 160 valence electrons. The first-order valence-corrected chi connectivity index (χ1v) is 9.88. The van der Waals surface area contributed by atoms with Gasteiger partial charge in [0.1, 0.15) is 23.1 Å². The molecule has 0 spiro atoms. The minimum Gasteiger partial charge on any atom is -0.480 e. The van der Waals surface area contributed by atoms with Crippen LogP contribution in [0.4, 0.5) is 5.69 Å². The van der Waals surface area contributed by atoms with Crippen molar-refractivity contribution < 1.29 is 29.3 Å². The maximum absolute atomic E-state index is 12.6. The number of carboxylic acids is 1. The van der Waals surface area contributed by atoms with Gasteiger partial charge in [0.25, 0.3) is 5.91 Å². The Morgan fingerprint density at radius 2 is 1.97 bits per heavy atom. The van der Waals surface area contributed by atoms with Gasteiger partial charge in [0.15, 0.2) is 5.03 Å². The number of para-hydroxylation sites is 1. The third-order valence-electron chi connectivity index (χ3n) is 5.02. The second kappa shape index (κ2) is 7.59. The first-order chi connectivity index (χ1) is 14.0. The van der Waals surface area contributed by atoms with E-state index in [2.05, 4.69) is 5.32 Å². The first kappa shape index (κ1) is 21.6. The van der Waals surface area contributed by atoms with E-state index < -0.39 is 50.9 Å². The van der Waals surface area contributed by atoms with E-state index in [0.29, 0.717) is 5.01 Å². The molecule has 11 nitrogen and oxygen atoms in total. The number of hydrazine groups is 1. The maximum Gasteiger partial charge on any atom is 0.327 e. The molecule has 2 N–H and O–H groups in total. The van der Waals surface area contributed by atoms with E-state index >= 15 is 0 Å². The summed E-state index contributed by atoms with van der Waals surface area (Å²) >= 11 is 1.30. The molecule has 2 fully saturated rings. The molecule has 3 atom stereocenters. The van der Waals surface area contributed by atoms with Gasteiger partial charge in [0.05, 0.1) is 6.42 Å². The lowest BCUT2D eigenvalue weighted by molar-refractivity contribution is -0.483. The Balaban J connectivity index is 1.74. The highest BCUT2D eigenvalue weighted by Crippen LogP contribution is 2.50. The van der Waals surface area contributed by atoms with Crippen LogP contribution in [0.3, 0.4) is 0 Å². The Kier molecular flexibility index (Phi) is 5.46. The third-order valence-corrected chi connectivity index (χ3v) is 6.60. The van der Waals surface area contributed by atoms with Gasteiger partial charge in [-0.05, 0) is 30.5 Å². The van der Waals surface area contributed by atoms with Crippen molar-refractivity contribution in [2.75, 3.05) is 5.01 Å². The van der Waals surface area contributed by atoms with Crippen LogP contribution in [0.15, 0.2) is 24.3 Å². The van der Waals surface area contributed by atoms with Crippen LogP contribution in [0.25, 0.3) is 0 Å². The van der Waals surface area contributed by atoms with Gasteiger partial charge in [-0.2, -0.15) is 0 Å². The molecule has 3 rings (SSSR count). The van der Waals surface area contributed by atoms with Crippen LogP contribution in [0.1, 0.15) is 26.3 Å². The van der Waals surface area contributed by atoms with Crippen molar-refractivity contribution in [2.45, 2.75) is 49.4 Å². The quantitative estimate of drug-likeness (QED) is 0.370. The van der Waals surface area contributed by atoms with Crippen molar-refractivity contribution in [3.63, 3.8) is 0 Å². The van der Waals surface area contributed by atoms with Crippen LogP contribution in [0.2, 0.25) is 0 Å². The highest BCUT2D eigenvalue weighted by Gasteiger charge is 2.64. The fraction of sp³-hybridized carbons (Fsp3) is 0.444. The number of carboxylic acid groups (broad SMARTS) is 1. The Hall–Kier alpha value is -3.15. The number of nitrogens with zero attached hydrogens (tertiary/aromatic N) is 3. The summed E-state index contributed by atoms with van der Waals surface area (Å²) in [4.78, 5) is 60.7. The van der Waals surface area contributed by atoms with Gasteiger partial charge in [-0.15, -0.1) is 11.8 Å². The molecule has 0 saturated carbocycles. The van der Waals surface area contributed by atoms with Gasteiger partial charge in [-0.25, -0.2) is 14.9 Å². The molecular weight excluding hydrogens is 416 g/mol. The second-order valence-electron chi connectivity index (χ2n) is 7.52. The van der Waals surface area contributed by atoms with Crippen molar-refractivity contribution in [3.8, 4) is 0 Å². The van der Waals surface area contributed by atoms with Crippen LogP contribution in [0.5, 0.6) is 0 Å². The number of rotatable bonds is 6. The Morgan fingerprint density at radius 3 is 2.53 bits per heavy atom. The molecule has 0 radical (unpaired) electrons. The van der Waals surface area contributed by atoms with Gasteiger partial charge in [-0.3, -0.25) is 14.4 Å². The highest BCUT2D eigenvalue weighted by molar-refractivity contribution is 8.01. The molecular formula is C18H20N4O7S. The van der Waals surface area contributed by atoms with Crippen molar-refractivity contribution in [1.82, 2.24) is 10.2 Å². The average Bonchev–Trinajstić information content (AvgIpc) is 2.89. The molecule has 0 aromatic heterocycles. The number of hydrogen-bond acceptors (Lipinski definition) is 7. The molecule has 1 aromatic carbocycles. The molecule has 2 aliphatic heterocycles. The Labute approximate surface area is 175 Å². The third kappa shape index (κ3) is 3.58. The number of amides is 3. The van der Waals surface area contributed by atoms with Crippen LogP contribution in [0, 0.1) is 10.1 Å². The molecule has 1 aromatic rings. The van der Waals surface area contributed by atoms with Gasteiger partial charge < -0.3 is 15.3 Å². The van der Waals surface area contributed by atoms with E-state index in [1.807, 2.05) is 0 Å². The molecule has 2 aliphatic rings. The average molecular weight is 436 g/mol. The summed E-state index contributed by atoms with van der Waals surface area (Å²) in [5.41, 5.74) is 0.211. The monoisotopic (exact) mass is 436 g/mol. The zero-order valence-corrected chi connectivity index (χ0v) is 17.2. The minimum absolute atomic E-state index is 0.0333. The summed E-state index contributed by atoms with van der Waals surface area (Å²) in [7, 11) is 0. The number of thioether (sulfide) groups is 1. The molecule has 0 bridgehead atoms. The number of nitrogens with one attached hydrogen (secondary N) is 1. The van der Waals surface area contributed by atoms with Crippen LogP contribution in [-0.4, -0.2) is 60.9 Å². The highest BCUT2D eigenvalue weighted by atomic mass is 32.2. The second-order valence-corrected chi connectivity index (χ2v) is 9.29. The lowest BCUT2D eigenvalue weighted by Crippen LogP contribution is -2.70. The largest absolute Gasteiger partial charge is 0.480 e. The van der Waals surface area contributed by atoms with Gasteiger partial charge in [0, 0.05) is 11.7 Å². The fourth-order valence-corrected chi connectivity index (χ4v) is 5.41. The summed E-state index contributed by atoms with van der Waals surface area (Å²) in [6.45, 7) is 4.50. The number of fused-ring (bicyclic) bond motifs is 1. The zero-order valence-electron chi connectivity index (χ0n) is 16.4. The number of carbonyl (C=O) groups is 4. The molecule has 12 heteroatoms. The van der Waals surface area contributed by atoms with E-state index in [0.717, 1.165) is 6.92 Å². The maximum atomic E-state index is 12.6. The Morgan fingerprint density at radius 1 is 1.33 bits per heavy atom. The summed E-state index contributed by atoms with van der Waals surface area (Å²) in [5, 5.41) is 22.3. The predicted octanol–water partition coefficient (Wildman–Crippen LogP) is 0.405. The van der Waals surface area contributed by atoms with Crippen molar-refractivity contribution in [3.05, 3.63) is 39.9 Å². The lowest BCUT2D eigenvalue weighted by atomic mass is 9.96. The Bertz CT molecular complexity index is 936. The molecule has 1 unspecified atom stereocenters. The van der Waals surface area contributed by atoms with Gasteiger partial charge >= 0.3 is 5.97 Å².